The smallest absolute Gasteiger partial charge is 0.300 e. The maximum absolute atomic E-state index is 13.2. The molecule has 1 fully saturated rings. The van der Waals surface area contributed by atoms with Gasteiger partial charge in [-0.3, -0.25) is 4.79 Å². The molecule has 1 aliphatic heterocycles. The first-order valence-corrected chi connectivity index (χ1v) is 8.33. The van der Waals surface area contributed by atoms with E-state index in [1.807, 2.05) is 28.9 Å². The number of hydrogen-bond donors (Lipinski definition) is 1. The number of benzene rings is 2. The van der Waals surface area contributed by atoms with Crippen molar-refractivity contribution in [2.24, 2.45) is 5.92 Å². The largest absolute Gasteiger partial charge is 0.363 e. The van der Waals surface area contributed by atoms with Gasteiger partial charge in [0.25, 0.3) is 5.56 Å². The zero-order valence-electron chi connectivity index (χ0n) is 13.3. The third-order valence-electron chi connectivity index (χ3n) is 4.76. The number of halogens is 1. The molecule has 2 aliphatic rings. The number of nitrogens with one attached hydrogen (secondary N) is 1. The Labute approximate surface area is 143 Å². The van der Waals surface area contributed by atoms with Gasteiger partial charge in [0, 0.05) is 16.8 Å². The van der Waals surface area contributed by atoms with Gasteiger partial charge in [0.05, 0.1) is 0 Å². The van der Waals surface area contributed by atoms with Crippen molar-refractivity contribution in [3.05, 3.63) is 64.7 Å². The Morgan fingerprint density at radius 3 is 2.60 bits per heavy atom. The number of rotatable bonds is 2. The lowest BCUT2D eigenvalue weighted by molar-refractivity contribution is 0.437. The monoisotopic (exact) mass is 334 g/mol. The summed E-state index contributed by atoms with van der Waals surface area (Å²) in [5.74, 6) is 0.716. The third kappa shape index (κ3) is 2.33. The fourth-order valence-electron chi connectivity index (χ4n) is 3.32. The molecular weight excluding hydrogens is 319 g/mol. The predicted octanol–water partition coefficient (Wildman–Crippen LogP) is 3.45. The number of para-hydroxylation sites is 1. The first-order valence-electron chi connectivity index (χ1n) is 8.33. The second-order valence-electron chi connectivity index (χ2n) is 6.51. The Morgan fingerprint density at radius 2 is 1.84 bits per heavy atom. The van der Waals surface area contributed by atoms with Crippen LogP contribution in [0.5, 0.6) is 0 Å². The molecule has 1 N–H and O–H groups in total. The number of fused-ring (bicyclic) bond motifs is 3. The van der Waals surface area contributed by atoms with Crippen molar-refractivity contribution in [3.8, 4) is 22.6 Å². The first kappa shape index (κ1) is 14.3. The number of aromatic nitrogens is 3. The molecule has 124 valence electrons. The summed E-state index contributed by atoms with van der Waals surface area (Å²) in [6.45, 7) is 0. The van der Waals surface area contributed by atoms with E-state index in [2.05, 4.69) is 15.4 Å². The Morgan fingerprint density at radius 1 is 1.08 bits per heavy atom. The molecule has 0 radical (unpaired) electrons. The summed E-state index contributed by atoms with van der Waals surface area (Å²) in [5.41, 5.74) is 2.26. The molecule has 0 spiro atoms. The molecule has 1 atom stereocenters. The highest BCUT2D eigenvalue weighted by Gasteiger charge is 2.37. The Balaban J connectivity index is 1.73. The van der Waals surface area contributed by atoms with Gasteiger partial charge < -0.3 is 5.32 Å². The molecule has 6 heteroatoms. The molecule has 2 aromatic carbocycles. The normalized spacial score (nSPS) is 18.2. The molecule has 5 nitrogen and oxygen atoms in total. The van der Waals surface area contributed by atoms with E-state index in [-0.39, 0.29) is 17.7 Å². The van der Waals surface area contributed by atoms with Crippen molar-refractivity contribution in [1.29, 1.82) is 0 Å². The number of hydrogen-bond acceptors (Lipinski definition) is 4. The summed E-state index contributed by atoms with van der Waals surface area (Å²) >= 11 is 0. The van der Waals surface area contributed by atoms with Crippen LogP contribution in [0.15, 0.2) is 53.3 Å². The van der Waals surface area contributed by atoms with Crippen LogP contribution in [0.25, 0.3) is 22.6 Å². The Bertz CT molecular complexity index is 1020. The van der Waals surface area contributed by atoms with E-state index in [0.29, 0.717) is 17.3 Å². The standard InChI is InChI=1S/C19H15FN4O/c20-13-9-7-11(8-10-13)16-19(25)22-18-14-3-1-2-4-15(14)21-17(12-5-6-12)24(18)23-16/h1-4,7-10,12,17,21H,5-6H2. The molecule has 25 heavy (non-hydrogen) atoms. The van der Waals surface area contributed by atoms with Crippen LogP contribution in [0.3, 0.4) is 0 Å². The van der Waals surface area contributed by atoms with Crippen LogP contribution >= 0.6 is 0 Å². The lowest BCUT2D eigenvalue weighted by atomic mass is 10.1. The van der Waals surface area contributed by atoms with Crippen LogP contribution in [0, 0.1) is 11.7 Å². The second-order valence-corrected chi connectivity index (χ2v) is 6.51. The van der Waals surface area contributed by atoms with E-state index in [1.165, 1.54) is 12.1 Å². The molecule has 2 heterocycles. The predicted molar refractivity (Wildman–Crippen MR) is 92.5 cm³/mol. The minimum atomic E-state index is -0.399. The van der Waals surface area contributed by atoms with E-state index in [1.54, 1.807) is 12.1 Å². The van der Waals surface area contributed by atoms with Crippen LogP contribution in [-0.2, 0) is 0 Å². The fourth-order valence-corrected chi connectivity index (χ4v) is 3.32. The van der Waals surface area contributed by atoms with Crippen molar-refractivity contribution >= 4 is 5.69 Å². The van der Waals surface area contributed by atoms with Crippen LogP contribution in [-0.4, -0.2) is 14.8 Å². The quantitative estimate of drug-likeness (QED) is 0.780. The topological polar surface area (TPSA) is 59.8 Å². The van der Waals surface area contributed by atoms with Gasteiger partial charge in [-0.1, -0.05) is 12.1 Å². The lowest BCUT2D eigenvalue weighted by Gasteiger charge is -2.30. The molecule has 3 aromatic rings. The van der Waals surface area contributed by atoms with E-state index in [4.69, 9.17) is 0 Å². The van der Waals surface area contributed by atoms with Crippen molar-refractivity contribution in [2.45, 2.75) is 19.0 Å². The highest BCUT2D eigenvalue weighted by Crippen LogP contribution is 2.45. The van der Waals surface area contributed by atoms with Crippen molar-refractivity contribution in [3.63, 3.8) is 0 Å². The fraction of sp³-hybridized carbons (Fsp3) is 0.211. The molecule has 0 bridgehead atoms. The summed E-state index contributed by atoms with van der Waals surface area (Å²) in [6, 6.07) is 13.6. The van der Waals surface area contributed by atoms with Gasteiger partial charge in [-0.2, -0.15) is 10.1 Å². The van der Waals surface area contributed by atoms with Gasteiger partial charge in [-0.25, -0.2) is 9.07 Å². The highest BCUT2D eigenvalue weighted by molar-refractivity contribution is 5.76. The summed E-state index contributed by atoms with van der Waals surface area (Å²) in [7, 11) is 0. The Kier molecular flexibility index (Phi) is 3.00. The summed E-state index contributed by atoms with van der Waals surface area (Å²) in [4.78, 5) is 16.9. The SMILES string of the molecule is O=c1nc2n(nc1-c1ccc(F)cc1)C(C1CC1)Nc1ccccc1-2. The van der Waals surface area contributed by atoms with Crippen LogP contribution in [0.2, 0.25) is 0 Å². The van der Waals surface area contributed by atoms with Crippen LogP contribution < -0.4 is 10.9 Å². The van der Waals surface area contributed by atoms with Gasteiger partial charge in [-0.05, 0) is 55.2 Å². The van der Waals surface area contributed by atoms with E-state index in [9.17, 15) is 9.18 Å². The average molecular weight is 334 g/mol. The summed E-state index contributed by atoms with van der Waals surface area (Å²) < 4.78 is 15.0. The molecule has 1 unspecified atom stereocenters. The van der Waals surface area contributed by atoms with E-state index < -0.39 is 5.56 Å². The molecule has 1 saturated carbocycles. The second kappa shape index (κ2) is 5.24. The van der Waals surface area contributed by atoms with Crippen molar-refractivity contribution < 1.29 is 4.39 Å². The molecule has 0 saturated heterocycles. The highest BCUT2D eigenvalue weighted by atomic mass is 19.1. The minimum Gasteiger partial charge on any atom is -0.363 e. The van der Waals surface area contributed by atoms with E-state index in [0.717, 1.165) is 24.1 Å². The van der Waals surface area contributed by atoms with Gasteiger partial charge in [0.15, 0.2) is 11.5 Å². The third-order valence-corrected chi connectivity index (χ3v) is 4.76. The van der Waals surface area contributed by atoms with Crippen LogP contribution in [0.1, 0.15) is 19.0 Å². The van der Waals surface area contributed by atoms with Gasteiger partial charge >= 0.3 is 0 Å². The van der Waals surface area contributed by atoms with E-state index >= 15 is 0 Å². The van der Waals surface area contributed by atoms with Gasteiger partial charge in [-0.15, -0.1) is 0 Å². The maximum Gasteiger partial charge on any atom is 0.300 e. The zero-order chi connectivity index (χ0) is 17.0. The van der Waals surface area contributed by atoms with Crippen molar-refractivity contribution in [1.82, 2.24) is 14.8 Å². The lowest BCUT2D eigenvalue weighted by Crippen LogP contribution is -2.32. The Hall–Kier alpha value is -3.02. The number of nitrogens with zero attached hydrogens (tertiary/aromatic N) is 3. The molecule has 0 amide bonds. The average Bonchev–Trinajstić information content (AvgIpc) is 3.46. The molecule has 5 rings (SSSR count). The first-order chi connectivity index (χ1) is 12.2. The van der Waals surface area contributed by atoms with Crippen molar-refractivity contribution in [2.75, 3.05) is 5.32 Å². The van der Waals surface area contributed by atoms with Gasteiger partial charge in [0.1, 0.15) is 12.0 Å². The van der Waals surface area contributed by atoms with Crippen LogP contribution in [0.4, 0.5) is 10.1 Å². The summed E-state index contributed by atoms with van der Waals surface area (Å²) in [6.07, 6.45) is 2.23. The maximum atomic E-state index is 13.2. The summed E-state index contributed by atoms with van der Waals surface area (Å²) in [5, 5.41) is 8.13. The molecule has 1 aromatic heterocycles. The van der Waals surface area contributed by atoms with Gasteiger partial charge in [0.2, 0.25) is 0 Å². The molecular formula is C19H15FN4O. The number of anilines is 1. The zero-order valence-corrected chi connectivity index (χ0v) is 13.3. The minimum absolute atomic E-state index is 0.0165. The molecule has 1 aliphatic carbocycles.